The second kappa shape index (κ2) is 10.7. The molecule has 2 heterocycles. The van der Waals surface area contributed by atoms with E-state index in [1.54, 1.807) is 12.4 Å². The Bertz CT molecular complexity index is 1280. The lowest BCUT2D eigenvalue weighted by atomic mass is 10.2. The lowest BCUT2D eigenvalue weighted by Crippen LogP contribution is -2.33. The first-order valence-electron chi connectivity index (χ1n) is 10.4. The largest absolute Gasteiger partial charge is 0.346 e. The Morgan fingerprint density at radius 2 is 1.65 bits per heavy atom. The summed E-state index contributed by atoms with van der Waals surface area (Å²) in [5.74, 6) is -0.456. The van der Waals surface area contributed by atoms with E-state index in [-0.39, 0.29) is 18.2 Å². The van der Waals surface area contributed by atoms with Gasteiger partial charge < -0.3 is 10.6 Å². The number of hydrogen-bond acceptors (Lipinski definition) is 6. The zero-order valence-electron chi connectivity index (χ0n) is 18.2. The van der Waals surface area contributed by atoms with E-state index in [0.29, 0.717) is 16.7 Å². The number of halogens is 1. The van der Waals surface area contributed by atoms with Crippen molar-refractivity contribution in [2.75, 3.05) is 17.6 Å². The lowest BCUT2D eigenvalue weighted by molar-refractivity contribution is -0.122. The van der Waals surface area contributed by atoms with Gasteiger partial charge in [0.2, 0.25) is 11.8 Å². The van der Waals surface area contributed by atoms with E-state index in [1.165, 1.54) is 36.0 Å². The van der Waals surface area contributed by atoms with Crippen molar-refractivity contribution < 1.29 is 14.0 Å². The first-order valence-corrected chi connectivity index (χ1v) is 11.4. The number of rotatable bonds is 8. The van der Waals surface area contributed by atoms with Crippen molar-refractivity contribution >= 4 is 29.3 Å². The third-order valence-corrected chi connectivity index (χ3v) is 5.70. The van der Waals surface area contributed by atoms with E-state index < -0.39 is 11.7 Å². The monoisotopic (exact) mass is 476 g/mol. The molecular formula is C24H21FN6O2S. The summed E-state index contributed by atoms with van der Waals surface area (Å²) < 4.78 is 14.9. The van der Waals surface area contributed by atoms with Gasteiger partial charge in [-0.1, -0.05) is 29.5 Å². The van der Waals surface area contributed by atoms with E-state index >= 15 is 0 Å². The summed E-state index contributed by atoms with van der Waals surface area (Å²) in [6.45, 7) is 1.80. The first-order chi connectivity index (χ1) is 16.5. The van der Waals surface area contributed by atoms with Crippen LogP contribution in [0.2, 0.25) is 0 Å². The molecule has 2 aromatic carbocycles. The van der Waals surface area contributed by atoms with Crippen molar-refractivity contribution in [2.45, 2.75) is 12.1 Å². The van der Waals surface area contributed by atoms with Crippen molar-refractivity contribution in [1.82, 2.24) is 25.1 Å². The van der Waals surface area contributed by atoms with E-state index in [4.69, 9.17) is 0 Å². The Morgan fingerprint density at radius 3 is 2.35 bits per heavy atom. The van der Waals surface area contributed by atoms with Crippen molar-refractivity contribution in [3.05, 3.63) is 84.4 Å². The van der Waals surface area contributed by atoms with Gasteiger partial charge in [0.1, 0.15) is 5.82 Å². The van der Waals surface area contributed by atoms with Crippen LogP contribution in [0.15, 0.2) is 78.2 Å². The summed E-state index contributed by atoms with van der Waals surface area (Å²) in [5.41, 5.74) is 3.28. The molecule has 4 aromatic rings. The highest BCUT2D eigenvalue weighted by Gasteiger charge is 2.17. The summed E-state index contributed by atoms with van der Waals surface area (Å²) >= 11 is 1.22. The molecule has 2 N–H and O–H groups in total. The summed E-state index contributed by atoms with van der Waals surface area (Å²) in [5, 5.41) is 14.3. The number of amides is 2. The van der Waals surface area contributed by atoms with Gasteiger partial charge in [-0.25, -0.2) is 4.39 Å². The number of benzene rings is 2. The number of thioether (sulfide) groups is 1. The molecule has 0 spiro atoms. The zero-order chi connectivity index (χ0) is 23.9. The minimum Gasteiger partial charge on any atom is -0.346 e. The molecule has 0 unspecified atom stereocenters. The topological polar surface area (TPSA) is 102 Å². The van der Waals surface area contributed by atoms with E-state index in [9.17, 15) is 14.0 Å². The Morgan fingerprint density at radius 1 is 0.941 bits per heavy atom. The molecule has 0 saturated heterocycles. The fraction of sp³-hybridized carbons (Fsp3) is 0.125. The number of nitrogens with zero attached hydrogens (tertiary/aromatic N) is 4. The fourth-order valence-electron chi connectivity index (χ4n) is 3.08. The van der Waals surface area contributed by atoms with Gasteiger partial charge in [0, 0.05) is 29.3 Å². The maximum Gasteiger partial charge on any atom is 0.243 e. The minimum absolute atomic E-state index is 0.0458. The van der Waals surface area contributed by atoms with Crippen molar-refractivity contribution in [1.29, 1.82) is 0 Å². The van der Waals surface area contributed by atoms with Crippen molar-refractivity contribution in [3.8, 4) is 17.1 Å². The molecule has 4 rings (SSSR count). The molecule has 0 aliphatic carbocycles. The third kappa shape index (κ3) is 5.84. The zero-order valence-corrected chi connectivity index (χ0v) is 19.1. The number of aromatic nitrogens is 4. The van der Waals surface area contributed by atoms with Crippen LogP contribution < -0.4 is 10.6 Å². The Balaban J connectivity index is 1.41. The van der Waals surface area contributed by atoms with Crippen LogP contribution in [0.4, 0.5) is 10.1 Å². The molecule has 0 fully saturated rings. The van der Waals surface area contributed by atoms with Gasteiger partial charge in [-0.3, -0.25) is 19.1 Å². The quantitative estimate of drug-likeness (QED) is 0.377. The fourth-order valence-corrected chi connectivity index (χ4v) is 3.86. The number of aryl methyl sites for hydroxylation is 1. The SMILES string of the molecule is Cc1ccc(-n2c(SCC(=O)NCC(=O)Nc3ccc(F)cc3)nnc2-c2ccncc2)cc1. The maximum absolute atomic E-state index is 13.0. The lowest BCUT2D eigenvalue weighted by Gasteiger charge is -2.11. The van der Waals surface area contributed by atoms with Crippen LogP contribution in [0.25, 0.3) is 17.1 Å². The van der Waals surface area contributed by atoms with Crippen LogP contribution in [0.3, 0.4) is 0 Å². The van der Waals surface area contributed by atoms with Gasteiger partial charge in [0.15, 0.2) is 11.0 Å². The summed E-state index contributed by atoms with van der Waals surface area (Å²) in [4.78, 5) is 28.5. The van der Waals surface area contributed by atoms with Gasteiger partial charge in [0.25, 0.3) is 0 Å². The Labute approximate surface area is 199 Å². The summed E-state index contributed by atoms with van der Waals surface area (Å²) in [6.07, 6.45) is 3.36. The number of hydrogen-bond donors (Lipinski definition) is 2. The molecule has 0 aliphatic rings. The average Bonchev–Trinajstić information content (AvgIpc) is 3.28. The number of carbonyl (C=O) groups excluding carboxylic acids is 2. The van der Waals surface area contributed by atoms with Crippen LogP contribution in [0.1, 0.15) is 5.56 Å². The molecule has 2 aromatic heterocycles. The predicted octanol–water partition coefficient (Wildman–Crippen LogP) is 3.62. The maximum atomic E-state index is 13.0. The van der Waals surface area contributed by atoms with E-state index in [0.717, 1.165) is 16.8 Å². The van der Waals surface area contributed by atoms with Crippen molar-refractivity contribution in [3.63, 3.8) is 0 Å². The molecular weight excluding hydrogens is 455 g/mol. The third-order valence-electron chi connectivity index (χ3n) is 4.77. The van der Waals surface area contributed by atoms with Crippen LogP contribution in [-0.2, 0) is 9.59 Å². The minimum atomic E-state index is -0.409. The molecule has 0 aliphatic heterocycles. The summed E-state index contributed by atoms with van der Waals surface area (Å²) in [7, 11) is 0. The molecule has 172 valence electrons. The molecule has 0 atom stereocenters. The van der Waals surface area contributed by atoms with Crippen LogP contribution in [0, 0.1) is 12.7 Å². The number of carbonyl (C=O) groups is 2. The molecule has 34 heavy (non-hydrogen) atoms. The van der Waals surface area contributed by atoms with E-state index in [2.05, 4.69) is 25.8 Å². The van der Waals surface area contributed by atoms with Crippen LogP contribution in [0.5, 0.6) is 0 Å². The molecule has 2 amide bonds. The van der Waals surface area contributed by atoms with Crippen LogP contribution >= 0.6 is 11.8 Å². The highest BCUT2D eigenvalue weighted by molar-refractivity contribution is 7.99. The second-order valence-corrected chi connectivity index (χ2v) is 8.28. The van der Waals surface area contributed by atoms with Gasteiger partial charge >= 0.3 is 0 Å². The highest BCUT2D eigenvalue weighted by Crippen LogP contribution is 2.27. The molecule has 0 bridgehead atoms. The van der Waals surface area contributed by atoms with Crippen LogP contribution in [-0.4, -0.2) is 43.9 Å². The van der Waals surface area contributed by atoms with E-state index in [1.807, 2.05) is 47.9 Å². The number of pyridine rings is 1. The van der Waals surface area contributed by atoms with Gasteiger partial charge in [0.05, 0.1) is 12.3 Å². The van der Waals surface area contributed by atoms with Gasteiger partial charge in [-0.05, 0) is 55.5 Å². The predicted molar refractivity (Wildman–Crippen MR) is 128 cm³/mol. The Kier molecular flexibility index (Phi) is 7.28. The normalized spacial score (nSPS) is 10.6. The number of anilines is 1. The Hall–Kier alpha value is -4.05. The second-order valence-electron chi connectivity index (χ2n) is 7.33. The molecule has 0 radical (unpaired) electrons. The highest BCUT2D eigenvalue weighted by atomic mass is 32.2. The molecule has 10 heteroatoms. The molecule has 8 nitrogen and oxygen atoms in total. The van der Waals surface area contributed by atoms with Gasteiger partial charge in [-0.2, -0.15) is 0 Å². The van der Waals surface area contributed by atoms with Gasteiger partial charge in [-0.15, -0.1) is 10.2 Å². The molecule has 0 saturated carbocycles. The standard InChI is InChI=1S/C24H21FN6O2S/c1-16-2-8-20(9-3-16)31-23(17-10-12-26-13-11-17)29-30-24(31)34-15-22(33)27-14-21(32)28-19-6-4-18(25)5-7-19/h2-13H,14-15H2,1H3,(H,27,33)(H,28,32). The van der Waals surface area contributed by atoms with Crippen molar-refractivity contribution in [2.24, 2.45) is 0 Å². The average molecular weight is 477 g/mol. The summed E-state index contributed by atoms with van der Waals surface area (Å²) in [6, 6.07) is 17.0. The smallest absolute Gasteiger partial charge is 0.243 e. The first kappa shape index (κ1) is 23.1. The number of nitrogens with one attached hydrogen (secondary N) is 2.